The van der Waals surface area contributed by atoms with Crippen LogP contribution in [0.15, 0.2) is 84.0 Å². The van der Waals surface area contributed by atoms with Crippen molar-refractivity contribution in [3.63, 3.8) is 0 Å². The zero-order chi connectivity index (χ0) is 21.2. The van der Waals surface area contributed by atoms with E-state index in [1.807, 2.05) is 66.4 Å². The maximum atomic E-state index is 10.0. The number of aryl methyl sites for hydroxylation is 2. The lowest BCUT2D eigenvalue weighted by Crippen LogP contribution is -2.36. The molecule has 0 spiro atoms. The molecule has 0 saturated heterocycles. The minimum atomic E-state index is 0.422. The van der Waals surface area contributed by atoms with Crippen LogP contribution in [0.5, 0.6) is 11.6 Å². The van der Waals surface area contributed by atoms with Gasteiger partial charge in [0.25, 0.3) is 0 Å². The predicted octanol–water partition coefficient (Wildman–Crippen LogP) is 5.92. The van der Waals surface area contributed by atoms with Gasteiger partial charge in [0, 0.05) is 17.9 Å². The summed E-state index contributed by atoms with van der Waals surface area (Å²) in [4.78, 5) is 6.67. The van der Waals surface area contributed by atoms with Gasteiger partial charge in [0.05, 0.1) is 5.56 Å². The summed E-state index contributed by atoms with van der Waals surface area (Å²) in [5, 5.41) is 15.9. The summed E-state index contributed by atoms with van der Waals surface area (Å²) >= 11 is 0. The van der Waals surface area contributed by atoms with Gasteiger partial charge in [0.1, 0.15) is 5.75 Å². The summed E-state index contributed by atoms with van der Waals surface area (Å²) in [6.45, 7) is 2.68. The number of amidine groups is 1. The van der Waals surface area contributed by atoms with Crippen molar-refractivity contribution in [2.24, 2.45) is 5.16 Å². The molecular formula is C26H23N3O2. The third kappa shape index (κ3) is 3.70. The number of anilines is 1. The fourth-order valence-electron chi connectivity index (χ4n) is 4.13. The summed E-state index contributed by atoms with van der Waals surface area (Å²) < 4.78 is 6.23. The normalized spacial score (nSPS) is 13.8. The number of pyridine rings is 1. The van der Waals surface area contributed by atoms with E-state index in [0.717, 1.165) is 41.5 Å². The maximum absolute atomic E-state index is 10.0. The summed E-state index contributed by atoms with van der Waals surface area (Å²) in [6.07, 6.45) is 1.99. The highest BCUT2D eigenvalue weighted by Crippen LogP contribution is 2.32. The Hall–Kier alpha value is -3.86. The van der Waals surface area contributed by atoms with Gasteiger partial charge >= 0.3 is 0 Å². The van der Waals surface area contributed by atoms with Crippen LogP contribution in [0, 0.1) is 6.92 Å². The molecule has 3 aromatic carbocycles. The van der Waals surface area contributed by atoms with Crippen molar-refractivity contribution in [3.8, 4) is 11.6 Å². The molecule has 0 amide bonds. The van der Waals surface area contributed by atoms with E-state index < -0.39 is 0 Å². The third-order valence-electron chi connectivity index (χ3n) is 5.64. The lowest BCUT2D eigenvalue weighted by molar-refractivity contribution is 0.317. The maximum Gasteiger partial charge on any atom is 0.230 e. The molecule has 0 saturated carbocycles. The van der Waals surface area contributed by atoms with Gasteiger partial charge < -0.3 is 14.8 Å². The van der Waals surface area contributed by atoms with Gasteiger partial charge in [0.15, 0.2) is 5.84 Å². The number of benzene rings is 3. The molecule has 154 valence electrons. The van der Waals surface area contributed by atoms with E-state index in [0.29, 0.717) is 23.0 Å². The molecule has 1 aromatic heterocycles. The van der Waals surface area contributed by atoms with E-state index in [4.69, 9.17) is 4.74 Å². The van der Waals surface area contributed by atoms with Crippen molar-refractivity contribution in [2.75, 3.05) is 11.4 Å². The molecule has 4 aromatic rings. The molecule has 1 N–H and O–H groups in total. The van der Waals surface area contributed by atoms with Crippen LogP contribution < -0.4 is 9.64 Å². The molecule has 1 aliphatic heterocycles. The molecule has 0 unspecified atom stereocenters. The van der Waals surface area contributed by atoms with E-state index >= 15 is 0 Å². The SMILES string of the molecule is Cc1ccc(/C(=N/O)N2CCCc3ccccc32)c(Oc2ccc3ccccc3c2)n1. The Morgan fingerprint density at radius 1 is 0.968 bits per heavy atom. The largest absolute Gasteiger partial charge is 0.438 e. The van der Waals surface area contributed by atoms with Crippen molar-refractivity contribution in [1.29, 1.82) is 0 Å². The van der Waals surface area contributed by atoms with Crippen molar-refractivity contribution >= 4 is 22.3 Å². The molecule has 1 aliphatic rings. The van der Waals surface area contributed by atoms with Crippen LogP contribution in [0.3, 0.4) is 0 Å². The number of hydrogen-bond donors (Lipinski definition) is 1. The lowest BCUT2D eigenvalue weighted by Gasteiger charge is -2.31. The topological polar surface area (TPSA) is 58.0 Å². The van der Waals surface area contributed by atoms with E-state index in [1.165, 1.54) is 5.56 Å². The first-order valence-corrected chi connectivity index (χ1v) is 10.4. The Balaban J connectivity index is 1.55. The molecule has 0 aliphatic carbocycles. The molecule has 0 fully saturated rings. The van der Waals surface area contributed by atoms with Crippen LogP contribution in [0.4, 0.5) is 5.69 Å². The molecule has 0 bridgehead atoms. The first kappa shape index (κ1) is 19.1. The highest BCUT2D eigenvalue weighted by Gasteiger charge is 2.25. The highest BCUT2D eigenvalue weighted by atomic mass is 16.5. The van der Waals surface area contributed by atoms with Crippen LogP contribution >= 0.6 is 0 Å². The van der Waals surface area contributed by atoms with E-state index in [1.54, 1.807) is 0 Å². The first-order valence-electron chi connectivity index (χ1n) is 10.4. The quantitative estimate of drug-likeness (QED) is 0.197. The summed E-state index contributed by atoms with van der Waals surface area (Å²) in [5.41, 5.74) is 3.78. The second-order valence-electron chi connectivity index (χ2n) is 7.72. The van der Waals surface area contributed by atoms with Gasteiger partial charge in [-0.25, -0.2) is 4.98 Å². The molecule has 2 heterocycles. The number of aromatic nitrogens is 1. The number of nitrogens with zero attached hydrogens (tertiary/aromatic N) is 3. The Bertz CT molecular complexity index is 1280. The summed E-state index contributed by atoms with van der Waals surface area (Å²) in [6, 6.07) is 26.1. The summed E-state index contributed by atoms with van der Waals surface area (Å²) in [5.74, 6) is 1.55. The number of oxime groups is 1. The number of hydrogen-bond acceptors (Lipinski definition) is 4. The van der Waals surface area contributed by atoms with Crippen molar-refractivity contribution in [1.82, 2.24) is 4.98 Å². The van der Waals surface area contributed by atoms with Crippen LogP contribution in [0.2, 0.25) is 0 Å². The number of fused-ring (bicyclic) bond motifs is 2. The van der Waals surface area contributed by atoms with Crippen LogP contribution in [0.25, 0.3) is 10.8 Å². The van der Waals surface area contributed by atoms with Gasteiger partial charge in [-0.05, 0) is 66.4 Å². The molecule has 31 heavy (non-hydrogen) atoms. The third-order valence-corrected chi connectivity index (χ3v) is 5.64. The molecule has 5 nitrogen and oxygen atoms in total. The Morgan fingerprint density at radius 3 is 2.65 bits per heavy atom. The minimum absolute atomic E-state index is 0.422. The Kier molecular flexibility index (Phi) is 5.00. The molecule has 0 radical (unpaired) electrons. The lowest BCUT2D eigenvalue weighted by atomic mass is 10.0. The average molecular weight is 409 g/mol. The van der Waals surface area contributed by atoms with E-state index in [-0.39, 0.29) is 0 Å². The van der Waals surface area contributed by atoms with Crippen molar-refractivity contribution < 1.29 is 9.94 Å². The highest BCUT2D eigenvalue weighted by molar-refractivity contribution is 6.11. The zero-order valence-electron chi connectivity index (χ0n) is 17.3. The fraction of sp³-hybridized carbons (Fsp3) is 0.154. The molecule has 5 heteroatoms. The smallest absolute Gasteiger partial charge is 0.230 e. The number of ether oxygens (including phenoxy) is 1. The Labute approximate surface area is 181 Å². The average Bonchev–Trinajstić information content (AvgIpc) is 2.81. The van der Waals surface area contributed by atoms with Crippen LogP contribution in [0.1, 0.15) is 23.2 Å². The second-order valence-corrected chi connectivity index (χ2v) is 7.72. The van der Waals surface area contributed by atoms with Crippen LogP contribution in [-0.4, -0.2) is 22.6 Å². The molecule has 5 rings (SSSR count). The monoisotopic (exact) mass is 409 g/mol. The van der Waals surface area contributed by atoms with Gasteiger partial charge in [-0.1, -0.05) is 53.7 Å². The Morgan fingerprint density at radius 2 is 1.77 bits per heavy atom. The zero-order valence-corrected chi connectivity index (χ0v) is 17.3. The molecular weight excluding hydrogens is 386 g/mol. The standard InChI is InChI=1S/C26H23N3O2/c1-18-12-15-23(25(28-30)29-16-6-10-20-8-4-5-11-24(20)29)26(27-18)31-22-14-13-19-7-2-3-9-21(19)17-22/h2-5,7-9,11-15,17,30H,6,10,16H2,1H3/b28-25-. The minimum Gasteiger partial charge on any atom is -0.438 e. The van der Waals surface area contributed by atoms with Gasteiger partial charge in [-0.15, -0.1) is 0 Å². The van der Waals surface area contributed by atoms with Crippen LogP contribution in [-0.2, 0) is 6.42 Å². The number of para-hydroxylation sites is 1. The van der Waals surface area contributed by atoms with E-state index in [2.05, 4.69) is 34.4 Å². The van der Waals surface area contributed by atoms with Gasteiger partial charge in [0.2, 0.25) is 5.88 Å². The summed E-state index contributed by atoms with van der Waals surface area (Å²) in [7, 11) is 0. The van der Waals surface area contributed by atoms with Crippen molar-refractivity contribution in [2.45, 2.75) is 19.8 Å². The molecule has 0 atom stereocenters. The first-order chi connectivity index (χ1) is 15.2. The van der Waals surface area contributed by atoms with Crippen molar-refractivity contribution in [3.05, 3.63) is 95.7 Å². The predicted molar refractivity (Wildman–Crippen MR) is 123 cm³/mol. The fourth-order valence-corrected chi connectivity index (χ4v) is 4.13. The van der Waals surface area contributed by atoms with E-state index in [9.17, 15) is 5.21 Å². The number of rotatable bonds is 3. The second kappa shape index (κ2) is 8.11. The van der Waals surface area contributed by atoms with Gasteiger partial charge in [-0.3, -0.25) is 0 Å². The van der Waals surface area contributed by atoms with Gasteiger partial charge in [-0.2, -0.15) is 0 Å².